The lowest BCUT2D eigenvalue weighted by molar-refractivity contribution is -0.124. The third-order valence-electron chi connectivity index (χ3n) is 3.99. The van der Waals surface area contributed by atoms with Crippen molar-refractivity contribution in [3.63, 3.8) is 0 Å². The van der Waals surface area contributed by atoms with E-state index in [2.05, 4.69) is 17.6 Å². The van der Waals surface area contributed by atoms with Gasteiger partial charge in [-0.05, 0) is 39.0 Å². The van der Waals surface area contributed by atoms with Crippen molar-refractivity contribution in [3.05, 3.63) is 0 Å². The zero-order chi connectivity index (χ0) is 12.8. The van der Waals surface area contributed by atoms with Gasteiger partial charge in [-0.25, -0.2) is 0 Å². The van der Waals surface area contributed by atoms with Crippen LogP contribution in [0.4, 0.5) is 0 Å². The Morgan fingerprint density at radius 1 is 1.22 bits per heavy atom. The number of nitrogens with one attached hydrogen (secondary N) is 2. The van der Waals surface area contributed by atoms with Crippen LogP contribution in [0.3, 0.4) is 0 Å². The van der Waals surface area contributed by atoms with Gasteiger partial charge < -0.3 is 15.4 Å². The summed E-state index contributed by atoms with van der Waals surface area (Å²) in [6, 6.07) is 0.462. The molecule has 1 amide bonds. The zero-order valence-electron chi connectivity index (χ0n) is 11.4. The maximum absolute atomic E-state index is 11.9. The average Bonchev–Trinajstić information content (AvgIpc) is 2.87. The van der Waals surface area contributed by atoms with Crippen molar-refractivity contribution in [2.45, 2.75) is 70.1 Å². The van der Waals surface area contributed by atoms with Crippen molar-refractivity contribution in [1.82, 2.24) is 10.6 Å². The van der Waals surface area contributed by atoms with Crippen LogP contribution in [0.25, 0.3) is 0 Å². The summed E-state index contributed by atoms with van der Waals surface area (Å²) in [7, 11) is 0. The fourth-order valence-corrected chi connectivity index (χ4v) is 2.92. The van der Waals surface area contributed by atoms with Crippen LogP contribution in [-0.4, -0.2) is 37.2 Å². The van der Waals surface area contributed by atoms with Crippen molar-refractivity contribution in [3.8, 4) is 0 Å². The molecular formula is C14H26N2O2. The first-order valence-corrected chi connectivity index (χ1v) is 7.41. The van der Waals surface area contributed by atoms with Gasteiger partial charge in [0.15, 0.2) is 0 Å². The van der Waals surface area contributed by atoms with Gasteiger partial charge in [0.05, 0.1) is 18.8 Å². The smallest absolute Gasteiger partial charge is 0.237 e. The minimum atomic E-state index is 0.000213. The number of carbonyl (C=O) groups is 1. The SMILES string of the molecule is CC1CCCC(C(=O)NCCOC2CCCC2)N1. The van der Waals surface area contributed by atoms with E-state index in [-0.39, 0.29) is 11.9 Å². The number of rotatable bonds is 5. The lowest BCUT2D eigenvalue weighted by Gasteiger charge is -2.27. The second kappa shape index (κ2) is 7.10. The summed E-state index contributed by atoms with van der Waals surface area (Å²) >= 11 is 0. The van der Waals surface area contributed by atoms with Gasteiger partial charge in [0, 0.05) is 12.6 Å². The number of ether oxygens (including phenoxy) is 1. The molecule has 2 N–H and O–H groups in total. The molecule has 1 saturated carbocycles. The van der Waals surface area contributed by atoms with E-state index in [0.29, 0.717) is 25.3 Å². The Kier molecular flexibility index (Phi) is 5.45. The monoisotopic (exact) mass is 254 g/mol. The van der Waals surface area contributed by atoms with Crippen molar-refractivity contribution in [2.75, 3.05) is 13.2 Å². The lowest BCUT2D eigenvalue weighted by Crippen LogP contribution is -2.50. The van der Waals surface area contributed by atoms with Crippen LogP contribution in [0.2, 0.25) is 0 Å². The highest BCUT2D eigenvalue weighted by atomic mass is 16.5. The fourth-order valence-electron chi connectivity index (χ4n) is 2.92. The fraction of sp³-hybridized carbons (Fsp3) is 0.929. The quantitative estimate of drug-likeness (QED) is 0.733. The molecule has 18 heavy (non-hydrogen) atoms. The summed E-state index contributed by atoms with van der Waals surface area (Å²) in [5.74, 6) is 0.136. The minimum absolute atomic E-state index is 0.000213. The topological polar surface area (TPSA) is 50.4 Å². The highest BCUT2D eigenvalue weighted by molar-refractivity contribution is 5.81. The largest absolute Gasteiger partial charge is 0.376 e. The van der Waals surface area contributed by atoms with Crippen LogP contribution >= 0.6 is 0 Å². The Balaban J connectivity index is 1.56. The van der Waals surface area contributed by atoms with Crippen LogP contribution in [0.5, 0.6) is 0 Å². The second-order valence-electron chi connectivity index (χ2n) is 5.62. The van der Waals surface area contributed by atoms with Gasteiger partial charge >= 0.3 is 0 Å². The summed E-state index contributed by atoms with van der Waals surface area (Å²) in [4.78, 5) is 11.9. The zero-order valence-corrected chi connectivity index (χ0v) is 11.4. The van der Waals surface area contributed by atoms with Crippen molar-refractivity contribution < 1.29 is 9.53 Å². The van der Waals surface area contributed by atoms with Crippen molar-refractivity contribution >= 4 is 5.91 Å². The Bertz CT molecular complexity index is 265. The standard InChI is InChI=1S/C14H26N2O2/c1-11-5-4-8-13(16-11)14(17)15-9-10-18-12-6-2-3-7-12/h11-13,16H,2-10H2,1H3,(H,15,17). The van der Waals surface area contributed by atoms with Crippen LogP contribution in [0.15, 0.2) is 0 Å². The molecule has 2 unspecified atom stereocenters. The maximum Gasteiger partial charge on any atom is 0.237 e. The number of hydrogen-bond acceptors (Lipinski definition) is 3. The summed E-state index contributed by atoms with van der Waals surface area (Å²) in [5.41, 5.74) is 0. The molecule has 0 radical (unpaired) electrons. The first-order valence-electron chi connectivity index (χ1n) is 7.41. The number of carbonyl (C=O) groups excluding carboxylic acids is 1. The number of piperidine rings is 1. The van der Waals surface area contributed by atoms with Gasteiger partial charge in [0.1, 0.15) is 0 Å². The Morgan fingerprint density at radius 3 is 2.72 bits per heavy atom. The van der Waals surface area contributed by atoms with E-state index in [9.17, 15) is 4.79 Å². The molecule has 2 atom stereocenters. The van der Waals surface area contributed by atoms with Crippen LogP contribution in [-0.2, 0) is 9.53 Å². The summed E-state index contributed by atoms with van der Waals surface area (Å²) in [6.07, 6.45) is 8.68. The second-order valence-corrected chi connectivity index (χ2v) is 5.62. The first-order chi connectivity index (χ1) is 8.75. The third-order valence-corrected chi connectivity index (χ3v) is 3.99. The molecule has 2 aliphatic rings. The molecule has 1 saturated heterocycles. The number of amides is 1. The first kappa shape index (κ1) is 13.8. The molecule has 1 aliphatic carbocycles. The van der Waals surface area contributed by atoms with Crippen molar-refractivity contribution in [1.29, 1.82) is 0 Å². The molecule has 2 fully saturated rings. The van der Waals surface area contributed by atoms with E-state index in [4.69, 9.17) is 4.74 Å². The Labute approximate surface area is 110 Å². The van der Waals surface area contributed by atoms with E-state index in [1.807, 2.05) is 0 Å². The van der Waals surface area contributed by atoms with Gasteiger partial charge in [-0.2, -0.15) is 0 Å². The van der Waals surface area contributed by atoms with Gasteiger partial charge in [-0.3, -0.25) is 4.79 Å². The van der Waals surface area contributed by atoms with Gasteiger partial charge in [0.2, 0.25) is 5.91 Å². The minimum Gasteiger partial charge on any atom is -0.376 e. The van der Waals surface area contributed by atoms with Crippen LogP contribution in [0, 0.1) is 0 Å². The van der Waals surface area contributed by atoms with Crippen molar-refractivity contribution in [2.24, 2.45) is 0 Å². The van der Waals surface area contributed by atoms with Gasteiger partial charge in [0.25, 0.3) is 0 Å². The highest BCUT2D eigenvalue weighted by Crippen LogP contribution is 2.20. The maximum atomic E-state index is 11.9. The average molecular weight is 254 g/mol. The van der Waals surface area contributed by atoms with Crippen LogP contribution < -0.4 is 10.6 Å². The predicted molar refractivity (Wildman–Crippen MR) is 71.5 cm³/mol. The molecule has 1 heterocycles. The Hall–Kier alpha value is -0.610. The molecular weight excluding hydrogens is 228 g/mol. The van der Waals surface area contributed by atoms with E-state index >= 15 is 0 Å². The Morgan fingerprint density at radius 2 is 2.00 bits per heavy atom. The summed E-state index contributed by atoms with van der Waals surface area (Å²) in [6.45, 7) is 3.43. The molecule has 4 heteroatoms. The molecule has 0 aromatic carbocycles. The molecule has 0 aromatic rings. The predicted octanol–water partition coefficient (Wildman–Crippen LogP) is 1.59. The van der Waals surface area contributed by atoms with E-state index < -0.39 is 0 Å². The summed E-state index contributed by atoms with van der Waals surface area (Å²) < 4.78 is 5.73. The van der Waals surface area contributed by atoms with Gasteiger partial charge in [-0.15, -0.1) is 0 Å². The lowest BCUT2D eigenvalue weighted by atomic mass is 9.99. The molecule has 4 nitrogen and oxygen atoms in total. The summed E-state index contributed by atoms with van der Waals surface area (Å²) in [5, 5.41) is 6.32. The molecule has 0 bridgehead atoms. The molecule has 104 valence electrons. The van der Waals surface area contributed by atoms with Gasteiger partial charge in [-0.1, -0.05) is 12.8 Å². The highest BCUT2D eigenvalue weighted by Gasteiger charge is 2.23. The molecule has 0 spiro atoms. The van der Waals surface area contributed by atoms with Crippen LogP contribution in [0.1, 0.15) is 51.9 Å². The van der Waals surface area contributed by atoms with E-state index in [1.54, 1.807) is 0 Å². The van der Waals surface area contributed by atoms with E-state index in [0.717, 1.165) is 12.8 Å². The third kappa shape index (κ3) is 4.25. The molecule has 2 rings (SSSR count). The normalized spacial score (nSPS) is 29.4. The molecule has 0 aromatic heterocycles. The molecule has 1 aliphatic heterocycles. The van der Waals surface area contributed by atoms with E-state index in [1.165, 1.54) is 32.1 Å². The number of hydrogen-bond donors (Lipinski definition) is 2.